The maximum Gasteiger partial charge on any atom is 0.134 e. The first-order valence-electron chi connectivity index (χ1n) is 6.68. The second kappa shape index (κ2) is 6.54. The molecular formula is C13H22N4O. The quantitative estimate of drug-likeness (QED) is 0.807. The van der Waals surface area contributed by atoms with Gasteiger partial charge in [-0.05, 0) is 25.2 Å². The highest BCUT2D eigenvalue weighted by Gasteiger charge is 2.15. The van der Waals surface area contributed by atoms with Gasteiger partial charge in [0, 0.05) is 32.4 Å². The lowest BCUT2D eigenvalue weighted by Gasteiger charge is -2.14. The number of anilines is 2. The van der Waals surface area contributed by atoms with E-state index in [4.69, 9.17) is 4.74 Å². The highest BCUT2D eigenvalue weighted by molar-refractivity contribution is 5.56. The first-order valence-corrected chi connectivity index (χ1v) is 6.68. The second-order valence-corrected chi connectivity index (χ2v) is 4.60. The molecule has 0 aromatic carbocycles. The Kier molecular flexibility index (Phi) is 4.75. The molecule has 0 bridgehead atoms. The first-order chi connectivity index (χ1) is 8.85. The molecule has 100 valence electrons. The van der Waals surface area contributed by atoms with Crippen LogP contribution in [0.1, 0.15) is 25.3 Å². The molecule has 1 atom stereocenters. The summed E-state index contributed by atoms with van der Waals surface area (Å²) in [6, 6.07) is 0. The highest BCUT2D eigenvalue weighted by atomic mass is 16.5. The van der Waals surface area contributed by atoms with E-state index in [9.17, 15) is 0 Å². The van der Waals surface area contributed by atoms with Crippen LogP contribution in [0.2, 0.25) is 0 Å². The van der Waals surface area contributed by atoms with Gasteiger partial charge in [0.25, 0.3) is 0 Å². The van der Waals surface area contributed by atoms with Gasteiger partial charge in [0.2, 0.25) is 0 Å². The first kappa shape index (κ1) is 13.1. The molecule has 5 heteroatoms. The van der Waals surface area contributed by atoms with Crippen molar-refractivity contribution in [2.24, 2.45) is 5.92 Å². The lowest BCUT2D eigenvalue weighted by Crippen LogP contribution is -2.12. The van der Waals surface area contributed by atoms with Crippen LogP contribution in [0.4, 0.5) is 11.6 Å². The molecular weight excluding hydrogens is 228 g/mol. The zero-order valence-corrected chi connectivity index (χ0v) is 11.2. The monoisotopic (exact) mass is 250 g/mol. The van der Waals surface area contributed by atoms with Crippen LogP contribution >= 0.6 is 0 Å². The van der Waals surface area contributed by atoms with Gasteiger partial charge in [0.05, 0.1) is 0 Å². The van der Waals surface area contributed by atoms with Gasteiger partial charge < -0.3 is 15.4 Å². The maximum atomic E-state index is 5.38. The van der Waals surface area contributed by atoms with Crippen molar-refractivity contribution in [1.82, 2.24) is 9.97 Å². The van der Waals surface area contributed by atoms with Gasteiger partial charge in [-0.2, -0.15) is 0 Å². The fraction of sp³-hybridized carbons (Fsp3) is 0.692. The fourth-order valence-corrected chi connectivity index (χ4v) is 2.32. The second-order valence-electron chi connectivity index (χ2n) is 4.60. The predicted octanol–water partition coefficient (Wildman–Crippen LogP) is 1.92. The van der Waals surface area contributed by atoms with Gasteiger partial charge in [-0.25, -0.2) is 9.97 Å². The van der Waals surface area contributed by atoms with Gasteiger partial charge in [-0.15, -0.1) is 0 Å². The Labute approximate surface area is 108 Å². The average molecular weight is 250 g/mol. The van der Waals surface area contributed by atoms with Gasteiger partial charge >= 0.3 is 0 Å². The van der Waals surface area contributed by atoms with Gasteiger partial charge in [-0.1, -0.05) is 6.92 Å². The number of hydrogen-bond acceptors (Lipinski definition) is 5. The summed E-state index contributed by atoms with van der Waals surface area (Å²) in [6.07, 6.45) is 4.85. The third-order valence-corrected chi connectivity index (χ3v) is 3.40. The van der Waals surface area contributed by atoms with Crippen LogP contribution in [0.15, 0.2) is 6.33 Å². The van der Waals surface area contributed by atoms with Crippen molar-refractivity contribution in [3.8, 4) is 0 Å². The van der Waals surface area contributed by atoms with E-state index in [1.54, 1.807) is 6.33 Å². The standard InChI is InChI=1S/C13H22N4O/c1-3-11-12(14-2)16-9-17-13(11)15-6-4-10-5-7-18-8-10/h9-10H,3-8H2,1-2H3,(H2,14,15,16,17). The molecule has 2 N–H and O–H groups in total. The van der Waals surface area contributed by atoms with Gasteiger partial charge in [-0.3, -0.25) is 0 Å². The molecule has 1 aromatic rings. The Morgan fingerprint density at radius 1 is 1.39 bits per heavy atom. The fourth-order valence-electron chi connectivity index (χ4n) is 2.32. The molecule has 0 saturated carbocycles. The number of nitrogens with zero attached hydrogens (tertiary/aromatic N) is 2. The summed E-state index contributed by atoms with van der Waals surface area (Å²) >= 11 is 0. The summed E-state index contributed by atoms with van der Waals surface area (Å²) in [5.74, 6) is 2.57. The van der Waals surface area contributed by atoms with E-state index in [1.165, 1.54) is 6.42 Å². The normalized spacial score (nSPS) is 18.9. The number of aromatic nitrogens is 2. The average Bonchev–Trinajstić information content (AvgIpc) is 2.91. The largest absolute Gasteiger partial charge is 0.381 e. The molecule has 1 aliphatic heterocycles. The van der Waals surface area contributed by atoms with Crippen LogP contribution in [0.3, 0.4) is 0 Å². The Morgan fingerprint density at radius 3 is 2.89 bits per heavy atom. The zero-order chi connectivity index (χ0) is 12.8. The molecule has 1 unspecified atom stereocenters. The van der Waals surface area contributed by atoms with Crippen molar-refractivity contribution in [1.29, 1.82) is 0 Å². The predicted molar refractivity (Wildman–Crippen MR) is 73.0 cm³/mol. The minimum atomic E-state index is 0.702. The van der Waals surface area contributed by atoms with Crippen LogP contribution in [0.25, 0.3) is 0 Å². The number of ether oxygens (including phenoxy) is 1. The Morgan fingerprint density at radius 2 is 2.22 bits per heavy atom. The molecule has 0 radical (unpaired) electrons. The summed E-state index contributed by atoms with van der Waals surface area (Å²) in [7, 11) is 1.89. The maximum absolute atomic E-state index is 5.38. The molecule has 5 nitrogen and oxygen atoms in total. The van der Waals surface area contributed by atoms with Crippen LogP contribution < -0.4 is 10.6 Å². The summed E-state index contributed by atoms with van der Waals surface area (Å²) in [4.78, 5) is 8.56. The van der Waals surface area contributed by atoms with Crippen molar-refractivity contribution >= 4 is 11.6 Å². The Bertz CT molecular complexity index is 377. The topological polar surface area (TPSA) is 59.1 Å². The highest BCUT2D eigenvalue weighted by Crippen LogP contribution is 2.21. The van der Waals surface area contributed by atoms with Gasteiger partial charge in [0.15, 0.2) is 0 Å². The molecule has 0 aliphatic carbocycles. The van der Waals surface area contributed by atoms with E-state index in [2.05, 4.69) is 27.5 Å². The lowest BCUT2D eigenvalue weighted by atomic mass is 10.1. The van der Waals surface area contributed by atoms with Crippen molar-refractivity contribution in [3.63, 3.8) is 0 Å². The molecule has 1 aromatic heterocycles. The van der Waals surface area contributed by atoms with Crippen molar-refractivity contribution in [3.05, 3.63) is 11.9 Å². The molecule has 0 spiro atoms. The van der Waals surface area contributed by atoms with Crippen LogP contribution in [-0.2, 0) is 11.2 Å². The van der Waals surface area contributed by atoms with E-state index in [-0.39, 0.29) is 0 Å². The molecule has 1 fully saturated rings. The van der Waals surface area contributed by atoms with E-state index < -0.39 is 0 Å². The van der Waals surface area contributed by atoms with Crippen LogP contribution in [0, 0.1) is 5.92 Å². The third-order valence-electron chi connectivity index (χ3n) is 3.40. The van der Waals surface area contributed by atoms with E-state index in [0.29, 0.717) is 5.92 Å². The lowest BCUT2D eigenvalue weighted by molar-refractivity contribution is 0.185. The van der Waals surface area contributed by atoms with Gasteiger partial charge in [0.1, 0.15) is 18.0 Å². The van der Waals surface area contributed by atoms with E-state index in [1.807, 2.05) is 7.05 Å². The Hall–Kier alpha value is -1.36. The zero-order valence-electron chi connectivity index (χ0n) is 11.2. The van der Waals surface area contributed by atoms with Crippen molar-refractivity contribution < 1.29 is 4.74 Å². The smallest absolute Gasteiger partial charge is 0.134 e. The summed E-state index contributed by atoms with van der Waals surface area (Å²) in [5, 5.41) is 6.53. The summed E-state index contributed by atoms with van der Waals surface area (Å²) in [6.45, 7) is 4.90. The molecule has 1 saturated heterocycles. The number of hydrogen-bond donors (Lipinski definition) is 2. The number of rotatable bonds is 6. The molecule has 2 rings (SSSR count). The molecule has 0 amide bonds. The molecule has 1 aliphatic rings. The summed E-state index contributed by atoms with van der Waals surface area (Å²) < 4.78 is 5.38. The number of nitrogens with one attached hydrogen (secondary N) is 2. The minimum Gasteiger partial charge on any atom is -0.381 e. The van der Waals surface area contributed by atoms with Crippen LogP contribution in [-0.4, -0.2) is 36.8 Å². The van der Waals surface area contributed by atoms with E-state index >= 15 is 0 Å². The van der Waals surface area contributed by atoms with E-state index in [0.717, 1.165) is 49.8 Å². The minimum absolute atomic E-state index is 0.702. The molecule has 2 heterocycles. The molecule has 18 heavy (non-hydrogen) atoms. The van der Waals surface area contributed by atoms with Crippen molar-refractivity contribution in [2.45, 2.75) is 26.2 Å². The van der Waals surface area contributed by atoms with Crippen molar-refractivity contribution in [2.75, 3.05) is 37.4 Å². The summed E-state index contributed by atoms with van der Waals surface area (Å²) in [5.41, 5.74) is 1.16. The third kappa shape index (κ3) is 3.10. The SMILES string of the molecule is CCc1c(NC)ncnc1NCCC1CCOC1. The Balaban J connectivity index is 1.91. The van der Waals surface area contributed by atoms with Crippen LogP contribution in [0.5, 0.6) is 0 Å².